The Morgan fingerprint density at radius 2 is 2.13 bits per heavy atom. The van der Waals surface area contributed by atoms with Gasteiger partial charge in [-0.2, -0.15) is 10.4 Å². The lowest BCUT2D eigenvalue weighted by molar-refractivity contribution is 0.109. The van der Waals surface area contributed by atoms with Gasteiger partial charge in [-0.05, 0) is 18.2 Å². The van der Waals surface area contributed by atoms with E-state index in [1.807, 2.05) is 18.2 Å². The molecule has 0 saturated heterocycles. The predicted molar refractivity (Wildman–Crippen MR) is 82.0 cm³/mol. The summed E-state index contributed by atoms with van der Waals surface area (Å²) < 4.78 is 11.4. The zero-order valence-corrected chi connectivity index (χ0v) is 12.2. The first-order valence-corrected chi connectivity index (χ1v) is 7.17. The number of aromatic nitrogens is 3. The third-order valence-corrected chi connectivity index (χ3v) is 3.87. The van der Waals surface area contributed by atoms with E-state index in [9.17, 15) is 5.26 Å². The number of hydrogen-bond acceptors (Lipinski definition) is 6. The molecule has 7 heteroatoms. The van der Waals surface area contributed by atoms with Crippen molar-refractivity contribution in [3.8, 4) is 28.8 Å². The summed E-state index contributed by atoms with van der Waals surface area (Å²) >= 11 is 0. The molecule has 3 N–H and O–H groups in total. The summed E-state index contributed by atoms with van der Waals surface area (Å²) in [5, 5.41) is 16.2. The summed E-state index contributed by atoms with van der Waals surface area (Å²) in [7, 11) is 0. The van der Waals surface area contributed by atoms with E-state index in [0.29, 0.717) is 42.3 Å². The minimum Gasteiger partial charge on any atom is -0.454 e. The molecule has 0 amide bonds. The molecule has 0 radical (unpaired) electrons. The summed E-state index contributed by atoms with van der Waals surface area (Å²) in [6.07, 6.45) is 2.32. The standard InChI is InChI=1S/C16H13N5O2/c17-7-9-15(10-8-22-6-4-11(10)20-16(9)18)14-2-1-13(23-14)12-3-5-19-21-12/h1-3,5H,4,6,8H2,(H2,18,20)(H,19,21). The zero-order valence-electron chi connectivity index (χ0n) is 12.2. The Bertz CT molecular complexity index is 905. The molecule has 0 fully saturated rings. The van der Waals surface area contributed by atoms with Crippen molar-refractivity contribution in [3.63, 3.8) is 0 Å². The molecule has 1 aliphatic rings. The van der Waals surface area contributed by atoms with E-state index in [1.54, 1.807) is 6.20 Å². The van der Waals surface area contributed by atoms with E-state index in [4.69, 9.17) is 14.9 Å². The maximum absolute atomic E-state index is 9.48. The topological polar surface area (TPSA) is 114 Å². The van der Waals surface area contributed by atoms with Gasteiger partial charge in [0.15, 0.2) is 5.76 Å². The first kappa shape index (κ1) is 13.5. The molecule has 4 heterocycles. The van der Waals surface area contributed by atoms with Gasteiger partial charge < -0.3 is 14.9 Å². The predicted octanol–water partition coefficient (Wildman–Crippen LogP) is 2.26. The average Bonchev–Trinajstić information content (AvgIpc) is 3.24. The van der Waals surface area contributed by atoms with Gasteiger partial charge in [-0.3, -0.25) is 5.10 Å². The van der Waals surface area contributed by atoms with Crippen molar-refractivity contribution in [1.29, 1.82) is 5.26 Å². The Hall–Kier alpha value is -3.11. The van der Waals surface area contributed by atoms with E-state index in [2.05, 4.69) is 21.3 Å². The SMILES string of the molecule is N#Cc1c(N)nc2c(c1-c1ccc(-c3ccn[nH]3)o1)COCC2. The number of pyridine rings is 1. The van der Waals surface area contributed by atoms with Crippen LogP contribution in [0.4, 0.5) is 5.82 Å². The first-order valence-electron chi connectivity index (χ1n) is 7.17. The maximum Gasteiger partial charge on any atom is 0.152 e. The van der Waals surface area contributed by atoms with Crippen molar-refractivity contribution in [3.05, 3.63) is 41.2 Å². The molecule has 23 heavy (non-hydrogen) atoms. The molecule has 0 aromatic carbocycles. The number of hydrogen-bond donors (Lipinski definition) is 2. The molecule has 114 valence electrons. The van der Waals surface area contributed by atoms with E-state index in [0.717, 1.165) is 17.0 Å². The molecule has 0 saturated carbocycles. The van der Waals surface area contributed by atoms with E-state index in [-0.39, 0.29) is 5.82 Å². The molecule has 0 spiro atoms. The number of nitrogen functional groups attached to an aromatic ring is 1. The van der Waals surface area contributed by atoms with Gasteiger partial charge in [0, 0.05) is 23.7 Å². The maximum atomic E-state index is 9.48. The third-order valence-electron chi connectivity index (χ3n) is 3.87. The van der Waals surface area contributed by atoms with Crippen molar-refractivity contribution in [2.45, 2.75) is 13.0 Å². The molecular formula is C16H13N5O2. The Labute approximate surface area is 131 Å². The number of aromatic amines is 1. The highest BCUT2D eigenvalue weighted by molar-refractivity contribution is 5.77. The second-order valence-electron chi connectivity index (χ2n) is 5.22. The van der Waals surface area contributed by atoms with Crippen LogP contribution in [0.25, 0.3) is 22.8 Å². The molecule has 0 aliphatic carbocycles. The largest absolute Gasteiger partial charge is 0.454 e. The molecule has 4 rings (SSSR count). The molecule has 3 aromatic heterocycles. The van der Waals surface area contributed by atoms with Gasteiger partial charge in [0.05, 0.1) is 18.9 Å². The highest BCUT2D eigenvalue weighted by Gasteiger charge is 2.24. The van der Waals surface area contributed by atoms with Crippen LogP contribution in [0.2, 0.25) is 0 Å². The third kappa shape index (κ3) is 2.17. The lowest BCUT2D eigenvalue weighted by Gasteiger charge is -2.20. The summed E-state index contributed by atoms with van der Waals surface area (Å²) in [4.78, 5) is 4.34. The fraction of sp³-hybridized carbons (Fsp3) is 0.188. The normalized spacial score (nSPS) is 13.5. The van der Waals surface area contributed by atoms with Gasteiger partial charge in [0.25, 0.3) is 0 Å². The molecule has 0 atom stereocenters. The molecule has 3 aromatic rings. The minimum atomic E-state index is 0.225. The summed E-state index contributed by atoms with van der Waals surface area (Å²) in [5.41, 5.74) is 9.45. The number of ether oxygens (including phenoxy) is 1. The van der Waals surface area contributed by atoms with Crippen LogP contribution in [0, 0.1) is 11.3 Å². The Morgan fingerprint density at radius 3 is 2.91 bits per heavy atom. The zero-order chi connectivity index (χ0) is 15.8. The number of rotatable bonds is 2. The summed E-state index contributed by atoms with van der Waals surface area (Å²) in [5.74, 6) is 1.44. The number of nitrogens with zero attached hydrogens (tertiary/aromatic N) is 3. The highest BCUT2D eigenvalue weighted by Crippen LogP contribution is 2.36. The van der Waals surface area contributed by atoms with Crippen LogP contribution in [0.1, 0.15) is 16.8 Å². The number of fused-ring (bicyclic) bond motifs is 1. The van der Waals surface area contributed by atoms with Gasteiger partial charge in [0.2, 0.25) is 0 Å². The monoisotopic (exact) mass is 307 g/mol. The van der Waals surface area contributed by atoms with Gasteiger partial charge in [-0.25, -0.2) is 4.98 Å². The molecule has 1 aliphatic heterocycles. The van der Waals surface area contributed by atoms with Crippen LogP contribution < -0.4 is 5.73 Å². The van der Waals surface area contributed by atoms with Crippen LogP contribution >= 0.6 is 0 Å². The van der Waals surface area contributed by atoms with E-state index < -0.39 is 0 Å². The van der Waals surface area contributed by atoms with E-state index in [1.165, 1.54) is 0 Å². The van der Waals surface area contributed by atoms with Crippen LogP contribution in [-0.2, 0) is 17.8 Å². The molecule has 7 nitrogen and oxygen atoms in total. The van der Waals surface area contributed by atoms with Gasteiger partial charge in [-0.1, -0.05) is 0 Å². The lowest BCUT2D eigenvalue weighted by Crippen LogP contribution is -2.15. The molecule has 0 bridgehead atoms. The lowest BCUT2D eigenvalue weighted by atomic mass is 9.96. The van der Waals surface area contributed by atoms with Gasteiger partial charge >= 0.3 is 0 Å². The van der Waals surface area contributed by atoms with Crippen molar-refractivity contribution >= 4 is 5.82 Å². The fourth-order valence-corrected chi connectivity index (χ4v) is 2.79. The van der Waals surface area contributed by atoms with Gasteiger partial charge in [-0.15, -0.1) is 0 Å². The Morgan fingerprint density at radius 1 is 1.26 bits per heavy atom. The van der Waals surface area contributed by atoms with Crippen LogP contribution in [0.15, 0.2) is 28.8 Å². The van der Waals surface area contributed by atoms with Crippen molar-refractivity contribution in [1.82, 2.24) is 15.2 Å². The van der Waals surface area contributed by atoms with E-state index >= 15 is 0 Å². The molecule has 0 unspecified atom stereocenters. The first-order chi connectivity index (χ1) is 11.3. The number of anilines is 1. The smallest absolute Gasteiger partial charge is 0.152 e. The van der Waals surface area contributed by atoms with Crippen LogP contribution in [-0.4, -0.2) is 21.8 Å². The number of nitriles is 1. The number of furan rings is 1. The second-order valence-corrected chi connectivity index (χ2v) is 5.22. The van der Waals surface area contributed by atoms with Gasteiger partial charge in [0.1, 0.15) is 28.9 Å². The number of H-pyrrole nitrogens is 1. The molecular weight excluding hydrogens is 294 g/mol. The highest BCUT2D eigenvalue weighted by atomic mass is 16.5. The minimum absolute atomic E-state index is 0.225. The quantitative estimate of drug-likeness (QED) is 0.750. The average molecular weight is 307 g/mol. The fourth-order valence-electron chi connectivity index (χ4n) is 2.79. The number of nitrogens with one attached hydrogen (secondary N) is 1. The Balaban J connectivity index is 1.91. The van der Waals surface area contributed by atoms with Crippen molar-refractivity contribution in [2.24, 2.45) is 0 Å². The van der Waals surface area contributed by atoms with Crippen LogP contribution in [0.5, 0.6) is 0 Å². The summed E-state index contributed by atoms with van der Waals surface area (Å²) in [6.45, 7) is 0.995. The summed E-state index contributed by atoms with van der Waals surface area (Å²) in [6, 6.07) is 7.60. The number of nitrogens with two attached hydrogens (primary N) is 1. The van der Waals surface area contributed by atoms with Crippen molar-refractivity contribution in [2.75, 3.05) is 12.3 Å². The Kier molecular flexibility index (Phi) is 3.10. The second kappa shape index (κ2) is 5.26. The van der Waals surface area contributed by atoms with Crippen LogP contribution in [0.3, 0.4) is 0 Å². The van der Waals surface area contributed by atoms with Crippen molar-refractivity contribution < 1.29 is 9.15 Å².